The lowest BCUT2D eigenvalue weighted by Gasteiger charge is -2.33. The molecule has 1 amide bonds. The number of nitrogens with one attached hydrogen (secondary N) is 1. The minimum Gasteiger partial charge on any atom is -0.408 e. The molecule has 142 valence electrons. The highest BCUT2D eigenvalue weighted by Crippen LogP contribution is 2.54. The Morgan fingerprint density at radius 2 is 1.89 bits per heavy atom. The van der Waals surface area contributed by atoms with Gasteiger partial charge in [0.15, 0.2) is 0 Å². The third-order valence-electron chi connectivity index (χ3n) is 6.58. The zero-order valence-electron chi connectivity index (χ0n) is 15.7. The van der Waals surface area contributed by atoms with Gasteiger partial charge in [0.2, 0.25) is 11.8 Å². The van der Waals surface area contributed by atoms with Crippen molar-refractivity contribution < 1.29 is 9.21 Å². The second-order valence-corrected chi connectivity index (χ2v) is 8.50. The predicted octanol–water partition coefficient (Wildman–Crippen LogP) is 3.54. The lowest BCUT2D eigenvalue weighted by molar-refractivity contribution is -0.133. The highest BCUT2D eigenvalue weighted by atomic mass is 16.4. The van der Waals surface area contributed by atoms with Gasteiger partial charge in [-0.2, -0.15) is 0 Å². The van der Waals surface area contributed by atoms with Crippen molar-refractivity contribution in [2.75, 3.05) is 18.4 Å². The average Bonchev–Trinajstić information content (AvgIpc) is 3.61. The third kappa shape index (κ3) is 3.33. The fourth-order valence-corrected chi connectivity index (χ4v) is 4.38. The minimum absolute atomic E-state index is 0.124. The van der Waals surface area contributed by atoms with Gasteiger partial charge in [0.25, 0.3) is 0 Å². The number of carbonyl (C=O) groups excluding carboxylic acids is 1. The Morgan fingerprint density at radius 3 is 2.59 bits per heavy atom. The van der Waals surface area contributed by atoms with Crippen molar-refractivity contribution in [1.82, 2.24) is 15.1 Å². The van der Waals surface area contributed by atoms with Crippen LogP contribution >= 0.6 is 0 Å². The summed E-state index contributed by atoms with van der Waals surface area (Å²) in [4.78, 5) is 14.7. The molecule has 6 nitrogen and oxygen atoms in total. The summed E-state index contributed by atoms with van der Waals surface area (Å²) in [6.07, 6.45) is 6.03. The van der Waals surface area contributed by atoms with Crippen LogP contribution in [-0.4, -0.2) is 40.1 Å². The van der Waals surface area contributed by atoms with E-state index in [1.54, 1.807) is 0 Å². The number of benzene rings is 1. The first kappa shape index (κ1) is 16.8. The molecular formula is C21H26N4O2. The van der Waals surface area contributed by atoms with Crippen LogP contribution in [0.5, 0.6) is 0 Å². The van der Waals surface area contributed by atoms with Crippen LogP contribution in [-0.2, 0) is 4.79 Å². The van der Waals surface area contributed by atoms with E-state index >= 15 is 0 Å². The van der Waals surface area contributed by atoms with Crippen molar-refractivity contribution in [3.8, 4) is 0 Å². The van der Waals surface area contributed by atoms with Crippen LogP contribution < -0.4 is 5.32 Å². The number of anilines is 1. The molecule has 2 saturated carbocycles. The van der Waals surface area contributed by atoms with Gasteiger partial charge in [0, 0.05) is 19.0 Å². The molecule has 1 aromatic heterocycles. The highest BCUT2D eigenvalue weighted by Gasteiger charge is 2.46. The van der Waals surface area contributed by atoms with E-state index in [0.717, 1.165) is 32.4 Å². The Kier molecular flexibility index (Phi) is 3.95. The standard InChI is InChI=1S/C21H26N4O2/c1-14(19(26)25-11-9-21(7-8-21)10-12-25)22-20-24-23-18(27-20)17-13-16(17)15-5-3-2-4-6-15/h2-6,14,16-17H,7-13H2,1H3,(H,22,24)/t14-,16+,17-/m1/s1. The summed E-state index contributed by atoms with van der Waals surface area (Å²) in [5.74, 6) is 1.54. The normalized spacial score (nSPS) is 26.6. The van der Waals surface area contributed by atoms with Crippen molar-refractivity contribution >= 4 is 11.9 Å². The molecule has 2 heterocycles. The van der Waals surface area contributed by atoms with E-state index in [9.17, 15) is 4.79 Å². The Morgan fingerprint density at radius 1 is 1.15 bits per heavy atom. The number of hydrogen-bond acceptors (Lipinski definition) is 5. The summed E-state index contributed by atoms with van der Waals surface area (Å²) >= 11 is 0. The van der Waals surface area contributed by atoms with E-state index < -0.39 is 0 Å². The maximum Gasteiger partial charge on any atom is 0.316 e. The molecule has 1 spiro atoms. The molecule has 3 aliphatic rings. The molecule has 0 radical (unpaired) electrons. The van der Waals surface area contributed by atoms with Gasteiger partial charge in [0.1, 0.15) is 6.04 Å². The minimum atomic E-state index is -0.351. The summed E-state index contributed by atoms with van der Waals surface area (Å²) in [5, 5.41) is 11.4. The molecule has 5 rings (SSSR count). The van der Waals surface area contributed by atoms with Crippen LogP contribution in [0.4, 0.5) is 6.01 Å². The fourth-order valence-electron chi connectivity index (χ4n) is 4.38. The fraction of sp³-hybridized carbons (Fsp3) is 0.571. The number of rotatable bonds is 5. The van der Waals surface area contributed by atoms with Crippen LogP contribution in [0.1, 0.15) is 62.3 Å². The smallest absolute Gasteiger partial charge is 0.316 e. The molecule has 1 aliphatic heterocycles. The van der Waals surface area contributed by atoms with Gasteiger partial charge in [-0.25, -0.2) is 0 Å². The predicted molar refractivity (Wildman–Crippen MR) is 101 cm³/mol. The van der Waals surface area contributed by atoms with Gasteiger partial charge >= 0.3 is 6.01 Å². The van der Waals surface area contributed by atoms with E-state index in [1.165, 1.54) is 18.4 Å². The first-order valence-electron chi connectivity index (χ1n) is 10.1. The molecule has 2 aromatic rings. The van der Waals surface area contributed by atoms with E-state index in [2.05, 4.69) is 39.8 Å². The number of likely N-dealkylation sites (tertiary alicyclic amines) is 1. The first-order valence-corrected chi connectivity index (χ1v) is 10.1. The molecule has 1 N–H and O–H groups in total. The monoisotopic (exact) mass is 366 g/mol. The summed E-state index contributed by atoms with van der Waals surface area (Å²) in [6, 6.07) is 10.4. The lowest BCUT2D eigenvalue weighted by Crippen LogP contribution is -2.45. The molecule has 6 heteroatoms. The van der Waals surface area contributed by atoms with Crippen LogP contribution in [0, 0.1) is 5.41 Å². The number of hydrogen-bond donors (Lipinski definition) is 1. The zero-order chi connectivity index (χ0) is 18.4. The molecule has 1 aromatic carbocycles. The molecule has 3 atom stereocenters. The van der Waals surface area contributed by atoms with Crippen molar-refractivity contribution in [3.05, 3.63) is 41.8 Å². The quantitative estimate of drug-likeness (QED) is 0.876. The SMILES string of the molecule is C[C@@H](Nc1nnc([C@@H]2C[C@H]2c2ccccc2)o1)C(=O)N1CCC2(CC1)CC2. The molecule has 3 fully saturated rings. The Bertz CT molecular complexity index is 820. The van der Waals surface area contributed by atoms with Crippen LogP contribution in [0.2, 0.25) is 0 Å². The van der Waals surface area contributed by atoms with Crippen molar-refractivity contribution in [2.45, 2.75) is 56.9 Å². The van der Waals surface area contributed by atoms with Gasteiger partial charge in [-0.1, -0.05) is 35.4 Å². The summed E-state index contributed by atoms with van der Waals surface area (Å²) in [5.41, 5.74) is 1.89. The van der Waals surface area contributed by atoms with E-state index in [-0.39, 0.29) is 11.9 Å². The zero-order valence-corrected chi connectivity index (χ0v) is 15.7. The lowest BCUT2D eigenvalue weighted by atomic mass is 9.93. The number of carbonyl (C=O) groups is 1. The molecule has 2 aliphatic carbocycles. The van der Waals surface area contributed by atoms with Gasteiger partial charge in [0.05, 0.1) is 0 Å². The molecule has 27 heavy (non-hydrogen) atoms. The number of nitrogens with zero attached hydrogens (tertiary/aromatic N) is 3. The Labute approximate surface area is 159 Å². The third-order valence-corrected chi connectivity index (χ3v) is 6.58. The topological polar surface area (TPSA) is 71.3 Å². The molecule has 1 saturated heterocycles. The van der Waals surface area contributed by atoms with Crippen LogP contribution in [0.25, 0.3) is 0 Å². The second-order valence-electron chi connectivity index (χ2n) is 8.50. The van der Waals surface area contributed by atoms with E-state index in [4.69, 9.17) is 4.42 Å². The maximum absolute atomic E-state index is 12.7. The summed E-state index contributed by atoms with van der Waals surface area (Å²) in [6.45, 7) is 3.62. The Balaban J connectivity index is 1.17. The maximum atomic E-state index is 12.7. The van der Waals surface area contributed by atoms with Gasteiger partial charge in [-0.15, -0.1) is 5.10 Å². The van der Waals surface area contributed by atoms with Gasteiger partial charge < -0.3 is 14.6 Å². The van der Waals surface area contributed by atoms with Crippen molar-refractivity contribution in [1.29, 1.82) is 0 Å². The Hall–Kier alpha value is -2.37. The van der Waals surface area contributed by atoms with Crippen molar-refractivity contribution in [3.63, 3.8) is 0 Å². The van der Waals surface area contributed by atoms with E-state index in [0.29, 0.717) is 29.2 Å². The molecular weight excluding hydrogens is 340 g/mol. The summed E-state index contributed by atoms with van der Waals surface area (Å²) in [7, 11) is 0. The number of piperidine rings is 1. The van der Waals surface area contributed by atoms with Crippen molar-refractivity contribution in [2.24, 2.45) is 5.41 Å². The highest BCUT2D eigenvalue weighted by molar-refractivity contribution is 5.83. The first-order chi connectivity index (χ1) is 13.1. The van der Waals surface area contributed by atoms with Gasteiger partial charge in [-0.05, 0) is 55.9 Å². The number of aromatic nitrogens is 2. The second kappa shape index (κ2) is 6.36. The van der Waals surface area contributed by atoms with E-state index in [1.807, 2.05) is 17.9 Å². The van der Waals surface area contributed by atoms with Gasteiger partial charge in [-0.3, -0.25) is 4.79 Å². The van der Waals surface area contributed by atoms with Crippen LogP contribution in [0.3, 0.4) is 0 Å². The largest absolute Gasteiger partial charge is 0.408 e. The molecule has 0 bridgehead atoms. The average molecular weight is 366 g/mol. The molecule has 0 unspecified atom stereocenters. The van der Waals surface area contributed by atoms with Crippen LogP contribution in [0.15, 0.2) is 34.7 Å². The summed E-state index contributed by atoms with van der Waals surface area (Å²) < 4.78 is 5.81. The number of amides is 1.